The quantitative estimate of drug-likeness (QED) is 0.136. The van der Waals surface area contributed by atoms with Gasteiger partial charge in [0.25, 0.3) is 0 Å². The van der Waals surface area contributed by atoms with Crippen molar-refractivity contribution in [2.45, 2.75) is 45.6 Å². The summed E-state index contributed by atoms with van der Waals surface area (Å²) in [4.78, 5) is 7.44. The Labute approximate surface area is 320 Å². The Kier molecular flexibility index (Phi) is 6.17. The average molecular weight is 718 g/mol. The minimum Gasteiger partial charge on any atom is -0.508 e. The Morgan fingerprint density at radius 1 is 0.673 bits per heavy atom. The molecular formula is C48H41N6O+. The number of aryl methyl sites for hydroxylation is 1. The van der Waals surface area contributed by atoms with Crippen molar-refractivity contribution in [1.82, 2.24) is 14.0 Å². The molecule has 0 spiro atoms. The molecule has 1 N–H and O–H groups in total. The molecule has 0 amide bonds. The molecule has 0 saturated heterocycles. The van der Waals surface area contributed by atoms with Gasteiger partial charge in [-0.05, 0) is 77.2 Å². The number of nitrogens with zero attached hydrogens (tertiary/aromatic N) is 6. The van der Waals surface area contributed by atoms with Crippen molar-refractivity contribution in [2.75, 3.05) is 4.90 Å². The van der Waals surface area contributed by atoms with Crippen molar-refractivity contribution in [2.24, 2.45) is 12.5 Å². The van der Waals surface area contributed by atoms with Crippen molar-refractivity contribution in [3.8, 4) is 33.7 Å². The molecule has 3 aromatic heterocycles. The van der Waals surface area contributed by atoms with Crippen LogP contribution in [-0.2, 0) is 12.5 Å². The molecule has 0 radical (unpaired) electrons. The van der Waals surface area contributed by atoms with E-state index in [0.717, 1.165) is 72.9 Å². The van der Waals surface area contributed by atoms with Gasteiger partial charge in [0.05, 0.1) is 33.5 Å². The lowest BCUT2D eigenvalue weighted by atomic mass is 9.52. The van der Waals surface area contributed by atoms with Crippen LogP contribution in [0.4, 0.5) is 11.4 Å². The van der Waals surface area contributed by atoms with Crippen LogP contribution in [0, 0.1) is 5.41 Å². The maximum Gasteiger partial charge on any atom is 0.246 e. The highest BCUT2D eigenvalue weighted by atomic mass is 16.3. The standard InChI is InChI=1S/C48H40N6O/c1-46(2)36-27-50(6)28-43(55)44(36)52-29-51-41-25-30(53-39-21-13-14-22-40(39)54-38-20-12-11-19-37(38)49-45(53)54)23-24-35(41)33-17-8-7-15-31(33)32-16-9-10-18-34(32)42(51)26-48(52,5)47(46,3)4/h7-28H,1-6H3/p+1. The van der Waals surface area contributed by atoms with Crippen LogP contribution in [0.5, 0.6) is 5.75 Å². The lowest BCUT2D eigenvalue weighted by Crippen LogP contribution is -2.63. The third-order valence-corrected chi connectivity index (χ3v) is 13.5. The summed E-state index contributed by atoms with van der Waals surface area (Å²) in [5, 5.41) is 11.8. The monoisotopic (exact) mass is 717 g/mol. The van der Waals surface area contributed by atoms with E-state index in [1.54, 1.807) is 6.20 Å². The minimum absolute atomic E-state index is 0.235. The number of anilines is 1. The van der Waals surface area contributed by atoms with E-state index in [1.165, 1.54) is 11.1 Å². The van der Waals surface area contributed by atoms with Crippen molar-refractivity contribution < 1.29 is 14.2 Å². The third-order valence-electron chi connectivity index (χ3n) is 13.5. The van der Waals surface area contributed by atoms with E-state index in [4.69, 9.17) is 4.98 Å². The van der Waals surface area contributed by atoms with Gasteiger partial charge in [-0.3, -0.25) is 13.5 Å². The molecule has 1 atom stereocenters. The van der Waals surface area contributed by atoms with Gasteiger partial charge in [0, 0.05) is 22.1 Å². The molecule has 7 nitrogen and oxygen atoms in total. The van der Waals surface area contributed by atoms with E-state index in [1.807, 2.05) is 17.7 Å². The number of benzene rings is 5. The molecule has 55 heavy (non-hydrogen) atoms. The smallest absolute Gasteiger partial charge is 0.246 e. The first-order valence-electron chi connectivity index (χ1n) is 19.0. The van der Waals surface area contributed by atoms with Gasteiger partial charge in [-0.1, -0.05) is 107 Å². The minimum atomic E-state index is -0.574. The van der Waals surface area contributed by atoms with Crippen molar-refractivity contribution in [1.29, 1.82) is 0 Å². The van der Waals surface area contributed by atoms with Crippen molar-refractivity contribution >= 4 is 51.3 Å². The molecule has 8 aromatic rings. The molecule has 3 aliphatic heterocycles. The Bertz CT molecular complexity index is 3050. The summed E-state index contributed by atoms with van der Waals surface area (Å²) in [7, 11) is 1.98. The van der Waals surface area contributed by atoms with Gasteiger partial charge in [0.1, 0.15) is 18.3 Å². The van der Waals surface area contributed by atoms with Gasteiger partial charge in [-0.2, -0.15) is 0 Å². The molecule has 0 fully saturated rings. The van der Waals surface area contributed by atoms with Gasteiger partial charge >= 0.3 is 0 Å². The summed E-state index contributed by atoms with van der Waals surface area (Å²) in [6.45, 7) is 11.6. The summed E-state index contributed by atoms with van der Waals surface area (Å²) in [6, 6.07) is 41.1. The normalized spacial score (nSPS) is 19.0. The summed E-state index contributed by atoms with van der Waals surface area (Å²) >= 11 is 0. The van der Waals surface area contributed by atoms with E-state index in [9.17, 15) is 5.11 Å². The van der Waals surface area contributed by atoms with Crippen LogP contribution in [0.2, 0.25) is 0 Å². The number of hydrogen-bond donors (Lipinski definition) is 1. The number of aromatic hydroxyl groups is 1. The molecular weight excluding hydrogens is 677 g/mol. The van der Waals surface area contributed by atoms with Crippen molar-refractivity contribution in [3.63, 3.8) is 0 Å². The molecule has 3 aliphatic rings. The highest BCUT2D eigenvalue weighted by Crippen LogP contribution is 2.61. The van der Waals surface area contributed by atoms with Crippen LogP contribution in [-0.4, -0.2) is 35.5 Å². The summed E-state index contributed by atoms with van der Waals surface area (Å²) in [6.07, 6.45) is 10.4. The Hall–Kier alpha value is -6.47. The van der Waals surface area contributed by atoms with Crippen LogP contribution in [0.3, 0.4) is 0 Å². The van der Waals surface area contributed by atoms with E-state index >= 15 is 0 Å². The molecule has 7 heteroatoms. The Morgan fingerprint density at radius 3 is 2.04 bits per heavy atom. The molecule has 11 rings (SSSR count). The SMILES string of the molecule is C[n+]1cc(O)c2c(c1)C(C)(C)C(C)(C)C1(C)C=C3c4ccccc4-c4ccccc4-c4ccc(-n5c6ccccc6n6c7ccccc7nc56)cc4N3[C-]=[N+]21. The Morgan fingerprint density at radius 2 is 1.29 bits per heavy atom. The van der Waals surface area contributed by atoms with Gasteiger partial charge < -0.3 is 10.0 Å². The van der Waals surface area contributed by atoms with E-state index in [-0.39, 0.29) is 16.6 Å². The van der Waals surface area contributed by atoms with Gasteiger partial charge in [0.2, 0.25) is 18.3 Å². The number of fused-ring (bicyclic) bond motifs is 16. The largest absolute Gasteiger partial charge is 0.508 e. The lowest BCUT2D eigenvalue weighted by Gasteiger charge is -2.58. The highest BCUT2D eigenvalue weighted by molar-refractivity contribution is 6.08. The number of imidazole rings is 2. The number of pyridine rings is 1. The van der Waals surface area contributed by atoms with Gasteiger partial charge in [-0.25, -0.2) is 9.55 Å². The third kappa shape index (κ3) is 3.97. The zero-order valence-electron chi connectivity index (χ0n) is 31.8. The fourth-order valence-corrected chi connectivity index (χ4v) is 9.70. The Balaban J connectivity index is 1.27. The predicted molar refractivity (Wildman–Crippen MR) is 220 cm³/mol. The second kappa shape index (κ2) is 10.6. The fraction of sp³-hybridized carbons (Fsp3) is 0.188. The molecule has 1 unspecified atom stereocenters. The fourth-order valence-electron chi connectivity index (χ4n) is 9.70. The summed E-state index contributed by atoms with van der Waals surface area (Å²) in [5.41, 5.74) is 13.7. The molecule has 0 saturated carbocycles. The zero-order valence-corrected chi connectivity index (χ0v) is 31.8. The first kappa shape index (κ1) is 32.0. The van der Waals surface area contributed by atoms with Crippen LogP contribution >= 0.6 is 0 Å². The number of para-hydroxylation sites is 4. The molecule has 0 bridgehead atoms. The molecule has 6 heterocycles. The first-order chi connectivity index (χ1) is 26.5. The van der Waals surface area contributed by atoms with E-state index in [0.29, 0.717) is 0 Å². The van der Waals surface area contributed by atoms with Crippen molar-refractivity contribution in [3.05, 3.63) is 145 Å². The predicted octanol–water partition coefficient (Wildman–Crippen LogP) is 9.80. The number of hydrogen-bond acceptors (Lipinski definition) is 3. The molecule has 268 valence electrons. The number of rotatable bonds is 1. The summed E-state index contributed by atoms with van der Waals surface area (Å²) in [5.74, 6) is 1.10. The topological polar surface area (TPSA) is 52.6 Å². The van der Waals surface area contributed by atoms with Gasteiger partial charge in [-0.15, -0.1) is 0 Å². The van der Waals surface area contributed by atoms with Crippen LogP contribution in [0.25, 0.3) is 61.5 Å². The first-order valence-corrected chi connectivity index (χ1v) is 19.0. The second-order valence-corrected chi connectivity index (χ2v) is 16.6. The van der Waals surface area contributed by atoms with E-state index in [2.05, 4.69) is 181 Å². The van der Waals surface area contributed by atoms with Crippen LogP contribution in [0.15, 0.2) is 134 Å². The molecule has 0 aliphatic carbocycles. The maximum atomic E-state index is 11.8. The van der Waals surface area contributed by atoms with Gasteiger partial charge in [0.15, 0.2) is 11.9 Å². The highest BCUT2D eigenvalue weighted by Gasteiger charge is 2.60. The second-order valence-electron chi connectivity index (χ2n) is 16.6. The molecule has 5 aromatic carbocycles. The van der Waals surface area contributed by atoms with E-state index < -0.39 is 5.54 Å². The van der Waals surface area contributed by atoms with Crippen LogP contribution < -0.4 is 9.47 Å². The summed E-state index contributed by atoms with van der Waals surface area (Å²) < 4.78 is 8.72. The maximum absolute atomic E-state index is 11.8. The lowest BCUT2D eigenvalue weighted by molar-refractivity contribution is -0.674. The average Bonchev–Trinajstić information content (AvgIpc) is 3.71. The van der Waals surface area contributed by atoms with Crippen LogP contribution in [0.1, 0.15) is 45.7 Å². The number of aromatic nitrogens is 4. The zero-order chi connectivity index (χ0) is 37.6.